The van der Waals surface area contributed by atoms with Crippen LogP contribution in [0, 0.1) is 13.8 Å². The summed E-state index contributed by atoms with van der Waals surface area (Å²) in [6, 6.07) is 7.93. The summed E-state index contributed by atoms with van der Waals surface area (Å²) in [7, 11) is 0. The predicted octanol–water partition coefficient (Wildman–Crippen LogP) is 6.45. The van der Waals surface area contributed by atoms with Gasteiger partial charge in [-0.05, 0) is 48.9 Å². The van der Waals surface area contributed by atoms with E-state index in [4.69, 9.17) is 46.4 Å². The van der Waals surface area contributed by atoms with E-state index >= 15 is 0 Å². The molecular weight excluding hydrogens is 334 g/mol. The Morgan fingerprint density at radius 1 is 0.750 bits per heavy atom. The molecule has 0 fully saturated rings. The topological polar surface area (TPSA) is 0 Å². The SMILES string of the molecule is [CH2]c1ccccc1CCc1c(Cl)c(Cl)c([CH2])c(Cl)c1Cl. The second-order valence-corrected chi connectivity index (χ2v) is 5.99. The molecule has 0 aromatic heterocycles. The van der Waals surface area contributed by atoms with Crippen LogP contribution in [0.1, 0.15) is 22.3 Å². The molecule has 0 saturated heterocycles. The number of rotatable bonds is 3. The summed E-state index contributed by atoms with van der Waals surface area (Å²) in [5.74, 6) is 0. The molecule has 2 radical (unpaired) electrons. The van der Waals surface area contributed by atoms with Crippen LogP contribution in [0.15, 0.2) is 24.3 Å². The normalized spacial score (nSPS) is 10.9. The van der Waals surface area contributed by atoms with E-state index in [9.17, 15) is 0 Å². The Balaban J connectivity index is 2.33. The van der Waals surface area contributed by atoms with E-state index < -0.39 is 0 Å². The van der Waals surface area contributed by atoms with Crippen molar-refractivity contribution in [3.8, 4) is 0 Å². The van der Waals surface area contributed by atoms with Crippen molar-refractivity contribution in [2.75, 3.05) is 0 Å². The molecule has 0 nitrogen and oxygen atoms in total. The van der Waals surface area contributed by atoms with Crippen molar-refractivity contribution in [1.82, 2.24) is 0 Å². The number of hydrogen-bond donors (Lipinski definition) is 0. The van der Waals surface area contributed by atoms with Crippen LogP contribution in [0.5, 0.6) is 0 Å². The molecule has 2 aromatic carbocycles. The quantitative estimate of drug-likeness (QED) is 0.560. The second kappa shape index (κ2) is 6.58. The largest absolute Gasteiger partial charge is 0.0823 e. The van der Waals surface area contributed by atoms with Gasteiger partial charge in [0.25, 0.3) is 0 Å². The first-order valence-corrected chi connectivity index (χ1v) is 7.51. The van der Waals surface area contributed by atoms with Crippen LogP contribution in [0.25, 0.3) is 0 Å². The summed E-state index contributed by atoms with van der Waals surface area (Å²) in [6.07, 6.45) is 1.41. The first kappa shape index (κ1) is 16.0. The Bertz CT molecular complexity index is 618. The van der Waals surface area contributed by atoms with E-state index in [1.165, 1.54) is 0 Å². The molecule has 0 atom stereocenters. The molecule has 0 unspecified atom stereocenters. The molecule has 0 amide bonds. The highest BCUT2D eigenvalue weighted by atomic mass is 35.5. The van der Waals surface area contributed by atoms with Gasteiger partial charge in [-0.1, -0.05) is 70.7 Å². The third-order valence-corrected chi connectivity index (χ3v) is 5.07. The number of aryl methyl sites for hydroxylation is 1. The molecule has 2 aromatic rings. The van der Waals surface area contributed by atoms with E-state index in [1.807, 2.05) is 24.3 Å². The smallest absolute Gasteiger partial charge is 0.0643 e. The highest BCUT2D eigenvalue weighted by molar-refractivity contribution is 6.49. The average Bonchev–Trinajstić information content (AvgIpc) is 2.45. The van der Waals surface area contributed by atoms with Crippen molar-refractivity contribution in [2.45, 2.75) is 12.8 Å². The van der Waals surface area contributed by atoms with Crippen molar-refractivity contribution in [3.63, 3.8) is 0 Å². The van der Waals surface area contributed by atoms with Gasteiger partial charge in [0.2, 0.25) is 0 Å². The summed E-state index contributed by atoms with van der Waals surface area (Å²) < 4.78 is 0. The molecule has 0 aliphatic heterocycles. The maximum absolute atomic E-state index is 6.25. The molecule has 0 N–H and O–H groups in total. The zero-order chi connectivity index (χ0) is 14.9. The fourth-order valence-electron chi connectivity index (χ4n) is 2.00. The van der Waals surface area contributed by atoms with Gasteiger partial charge in [0.1, 0.15) is 0 Å². The lowest BCUT2D eigenvalue weighted by Gasteiger charge is -2.14. The van der Waals surface area contributed by atoms with Gasteiger partial charge in [-0.3, -0.25) is 0 Å². The molecule has 4 heteroatoms. The highest BCUT2D eigenvalue weighted by Gasteiger charge is 2.17. The molecule has 20 heavy (non-hydrogen) atoms. The second-order valence-electron chi connectivity index (χ2n) is 4.48. The van der Waals surface area contributed by atoms with Crippen LogP contribution in [0.3, 0.4) is 0 Å². The lowest BCUT2D eigenvalue weighted by molar-refractivity contribution is 0.955. The van der Waals surface area contributed by atoms with Gasteiger partial charge in [-0.2, -0.15) is 0 Å². The summed E-state index contributed by atoms with van der Waals surface area (Å²) in [6.45, 7) is 7.77. The lowest BCUT2D eigenvalue weighted by Crippen LogP contribution is -1.98. The third-order valence-electron chi connectivity index (χ3n) is 3.21. The minimum absolute atomic E-state index is 0.360. The Morgan fingerprint density at radius 3 is 1.85 bits per heavy atom. The van der Waals surface area contributed by atoms with Crippen LogP contribution in [-0.4, -0.2) is 0 Å². The zero-order valence-electron chi connectivity index (χ0n) is 10.6. The van der Waals surface area contributed by atoms with Gasteiger partial charge < -0.3 is 0 Å². The van der Waals surface area contributed by atoms with E-state index in [0.717, 1.165) is 23.1 Å². The molecule has 0 aliphatic carbocycles. The van der Waals surface area contributed by atoms with Crippen LogP contribution < -0.4 is 0 Å². The van der Waals surface area contributed by atoms with Crippen LogP contribution in [-0.2, 0) is 12.8 Å². The number of halogens is 4. The highest BCUT2D eigenvalue weighted by Crippen LogP contribution is 2.41. The Labute approximate surface area is 139 Å². The summed E-state index contributed by atoms with van der Waals surface area (Å²) in [4.78, 5) is 0. The van der Waals surface area contributed by atoms with Crippen LogP contribution >= 0.6 is 46.4 Å². The van der Waals surface area contributed by atoms with Gasteiger partial charge in [0, 0.05) is 0 Å². The number of hydrogen-bond acceptors (Lipinski definition) is 0. The van der Waals surface area contributed by atoms with E-state index in [0.29, 0.717) is 32.1 Å². The monoisotopic (exact) mass is 344 g/mol. The van der Waals surface area contributed by atoms with Gasteiger partial charge in [0.15, 0.2) is 0 Å². The molecular formula is C16H12Cl4. The van der Waals surface area contributed by atoms with E-state index in [1.54, 1.807) is 0 Å². The van der Waals surface area contributed by atoms with E-state index in [-0.39, 0.29) is 0 Å². The van der Waals surface area contributed by atoms with Crippen LogP contribution in [0.2, 0.25) is 20.1 Å². The average molecular weight is 346 g/mol. The van der Waals surface area contributed by atoms with Crippen molar-refractivity contribution in [1.29, 1.82) is 0 Å². The molecule has 0 heterocycles. The molecule has 104 valence electrons. The predicted molar refractivity (Wildman–Crippen MR) is 89.3 cm³/mol. The maximum Gasteiger partial charge on any atom is 0.0643 e. The molecule has 0 saturated carbocycles. The van der Waals surface area contributed by atoms with Gasteiger partial charge >= 0.3 is 0 Å². The molecule has 2 rings (SSSR count). The zero-order valence-corrected chi connectivity index (χ0v) is 13.7. The fourth-order valence-corrected chi connectivity index (χ4v) is 3.12. The maximum atomic E-state index is 6.25. The summed E-state index contributed by atoms with van der Waals surface area (Å²) >= 11 is 24.7. The van der Waals surface area contributed by atoms with Crippen LogP contribution in [0.4, 0.5) is 0 Å². The molecule has 0 aliphatic rings. The van der Waals surface area contributed by atoms with Crippen molar-refractivity contribution < 1.29 is 0 Å². The van der Waals surface area contributed by atoms with Gasteiger partial charge in [-0.15, -0.1) is 0 Å². The van der Waals surface area contributed by atoms with Gasteiger partial charge in [-0.25, -0.2) is 0 Å². The number of benzene rings is 2. The molecule has 0 bridgehead atoms. The van der Waals surface area contributed by atoms with E-state index in [2.05, 4.69) is 13.8 Å². The van der Waals surface area contributed by atoms with Gasteiger partial charge in [0.05, 0.1) is 20.1 Å². The Morgan fingerprint density at radius 2 is 1.30 bits per heavy atom. The lowest BCUT2D eigenvalue weighted by atomic mass is 10.00. The third kappa shape index (κ3) is 3.09. The minimum atomic E-state index is 0.360. The van der Waals surface area contributed by atoms with Crippen molar-refractivity contribution in [2.24, 2.45) is 0 Å². The van der Waals surface area contributed by atoms with Crippen molar-refractivity contribution in [3.05, 3.63) is 80.5 Å². The van der Waals surface area contributed by atoms with Crippen molar-refractivity contribution >= 4 is 46.4 Å². The Hall–Kier alpha value is -0.400. The fraction of sp³-hybridized carbons (Fsp3) is 0.125. The first-order valence-electron chi connectivity index (χ1n) is 6.00. The Kier molecular flexibility index (Phi) is 5.25. The summed E-state index contributed by atoms with van der Waals surface area (Å²) in [5.41, 5.74) is 3.35. The minimum Gasteiger partial charge on any atom is -0.0823 e. The molecule has 0 spiro atoms. The standard InChI is InChI=1S/C16H12Cl4/c1-9-5-3-4-6-11(9)7-8-12-15(19)13(17)10(2)14(18)16(12)20/h3-6H,1-2,7-8H2. The first-order chi connectivity index (χ1) is 9.43. The summed E-state index contributed by atoms with van der Waals surface area (Å²) in [5, 5.41) is 1.57.